The maximum atomic E-state index is 11.0. The molecule has 0 spiro atoms. The number of rotatable bonds is 1. The van der Waals surface area contributed by atoms with E-state index in [0.717, 1.165) is 17.4 Å². The molecule has 0 aliphatic rings. The molecule has 17 heavy (non-hydrogen) atoms. The monoisotopic (exact) mass is 223 g/mol. The van der Waals surface area contributed by atoms with Crippen molar-refractivity contribution < 1.29 is 4.79 Å². The van der Waals surface area contributed by atoms with Gasteiger partial charge in [0.1, 0.15) is 6.29 Å². The highest BCUT2D eigenvalue weighted by Gasteiger charge is 2.11. The molecule has 2 nitrogen and oxygen atoms in total. The van der Waals surface area contributed by atoms with Crippen LogP contribution in [0.5, 0.6) is 0 Å². The average molecular weight is 223 g/mol. The van der Waals surface area contributed by atoms with Crippen molar-refractivity contribution in [2.45, 2.75) is 6.92 Å². The van der Waals surface area contributed by atoms with Crippen molar-refractivity contribution in [3.63, 3.8) is 0 Å². The fourth-order valence-corrected chi connectivity index (χ4v) is 2.57. The van der Waals surface area contributed by atoms with Crippen LogP contribution in [0.2, 0.25) is 0 Å². The van der Waals surface area contributed by atoms with Gasteiger partial charge in [0.15, 0.2) is 0 Å². The Bertz CT molecular complexity index is 737. The number of aryl methyl sites for hydroxylation is 2. The highest BCUT2D eigenvalue weighted by molar-refractivity contribution is 6.11. The quantitative estimate of drug-likeness (QED) is 0.579. The zero-order valence-corrected chi connectivity index (χ0v) is 9.90. The maximum Gasteiger partial charge on any atom is 0.150 e. The number of aldehydes is 1. The normalized spacial score (nSPS) is 11.2. The van der Waals surface area contributed by atoms with Gasteiger partial charge < -0.3 is 4.57 Å². The zero-order valence-electron chi connectivity index (χ0n) is 9.90. The van der Waals surface area contributed by atoms with Crippen LogP contribution in [0.15, 0.2) is 36.4 Å². The van der Waals surface area contributed by atoms with Crippen molar-refractivity contribution in [2.75, 3.05) is 0 Å². The molecule has 0 bridgehead atoms. The van der Waals surface area contributed by atoms with E-state index in [1.807, 2.05) is 31.2 Å². The van der Waals surface area contributed by atoms with E-state index in [4.69, 9.17) is 0 Å². The van der Waals surface area contributed by atoms with E-state index >= 15 is 0 Å². The van der Waals surface area contributed by atoms with Gasteiger partial charge in [0.05, 0.1) is 0 Å². The minimum absolute atomic E-state index is 0.772. The minimum atomic E-state index is 0.772. The number of benzene rings is 2. The molecule has 2 aromatic carbocycles. The van der Waals surface area contributed by atoms with Gasteiger partial charge in [0.2, 0.25) is 0 Å². The molecule has 1 aromatic heterocycles. The third-order valence-corrected chi connectivity index (χ3v) is 3.51. The van der Waals surface area contributed by atoms with Crippen LogP contribution in [-0.4, -0.2) is 10.9 Å². The number of nitrogens with zero attached hydrogens (tertiary/aromatic N) is 1. The summed E-state index contributed by atoms with van der Waals surface area (Å²) in [6.45, 7) is 2.01. The number of para-hydroxylation sites is 1. The third kappa shape index (κ3) is 1.24. The summed E-state index contributed by atoms with van der Waals surface area (Å²) in [6, 6.07) is 12.2. The van der Waals surface area contributed by atoms with Crippen LogP contribution in [0, 0.1) is 6.92 Å². The van der Waals surface area contributed by atoms with Gasteiger partial charge in [0.25, 0.3) is 0 Å². The first-order valence-corrected chi connectivity index (χ1v) is 5.66. The van der Waals surface area contributed by atoms with Crippen LogP contribution >= 0.6 is 0 Å². The molecule has 0 atom stereocenters. The second-order valence-corrected chi connectivity index (χ2v) is 4.37. The second-order valence-electron chi connectivity index (χ2n) is 4.37. The second kappa shape index (κ2) is 3.45. The Kier molecular flexibility index (Phi) is 2.05. The Hall–Kier alpha value is -2.09. The Labute approximate surface area is 99.5 Å². The van der Waals surface area contributed by atoms with Gasteiger partial charge in [-0.25, -0.2) is 0 Å². The SMILES string of the molecule is Cc1c(C=O)ccc2c1c1ccccc1n2C. The summed E-state index contributed by atoms with van der Waals surface area (Å²) in [6.07, 6.45) is 0.927. The number of hydrogen-bond acceptors (Lipinski definition) is 1. The van der Waals surface area contributed by atoms with Gasteiger partial charge >= 0.3 is 0 Å². The Morgan fingerprint density at radius 2 is 1.82 bits per heavy atom. The molecule has 0 aliphatic heterocycles. The molecule has 84 valence electrons. The Morgan fingerprint density at radius 3 is 2.59 bits per heavy atom. The zero-order chi connectivity index (χ0) is 12.0. The number of hydrogen-bond donors (Lipinski definition) is 0. The number of carbonyl (C=O) groups is 1. The van der Waals surface area contributed by atoms with E-state index in [1.165, 1.54) is 21.8 Å². The van der Waals surface area contributed by atoms with E-state index in [0.29, 0.717) is 0 Å². The van der Waals surface area contributed by atoms with Gasteiger partial charge in [0, 0.05) is 34.4 Å². The van der Waals surface area contributed by atoms with E-state index in [-0.39, 0.29) is 0 Å². The van der Waals surface area contributed by atoms with Crippen molar-refractivity contribution in [2.24, 2.45) is 7.05 Å². The minimum Gasteiger partial charge on any atom is -0.344 e. The summed E-state index contributed by atoms with van der Waals surface area (Å²) in [5.74, 6) is 0. The van der Waals surface area contributed by atoms with Crippen LogP contribution in [0.25, 0.3) is 21.8 Å². The predicted molar refractivity (Wildman–Crippen MR) is 70.5 cm³/mol. The summed E-state index contributed by atoms with van der Waals surface area (Å²) >= 11 is 0. The van der Waals surface area contributed by atoms with E-state index in [1.54, 1.807) is 0 Å². The van der Waals surface area contributed by atoms with Gasteiger partial charge in [-0.3, -0.25) is 4.79 Å². The van der Waals surface area contributed by atoms with Crippen LogP contribution < -0.4 is 0 Å². The fraction of sp³-hybridized carbons (Fsp3) is 0.133. The lowest BCUT2D eigenvalue weighted by Crippen LogP contribution is -1.89. The summed E-state index contributed by atoms with van der Waals surface area (Å²) in [7, 11) is 2.06. The largest absolute Gasteiger partial charge is 0.344 e. The molecule has 0 saturated heterocycles. The number of carbonyl (C=O) groups excluding carboxylic acids is 1. The summed E-state index contributed by atoms with van der Waals surface area (Å²) < 4.78 is 2.17. The molecular weight excluding hydrogens is 210 g/mol. The predicted octanol–water partition coefficient (Wildman–Crippen LogP) is 3.45. The fourth-order valence-electron chi connectivity index (χ4n) is 2.57. The van der Waals surface area contributed by atoms with Crippen LogP contribution in [0.1, 0.15) is 15.9 Å². The lowest BCUT2D eigenvalue weighted by molar-refractivity contribution is 0.112. The highest BCUT2D eigenvalue weighted by Crippen LogP contribution is 2.31. The topological polar surface area (TPSA) is 22.0 Å². The molecule has 0 fully saturated rings. The molecule has 2 heteroatoms. The maximum absolute atomic E-state index is 11.0. The summed E-state index contributed by atoms with van der Waals surface area (Å²) in [5, 5.41) is 2.40. The number of fused-ring (bicyclic) bond motifs is 3. The standard InChI is InChI=1S/C15H13NO/c1-10-11(9-17)7-8-14-15(10)12-5-3-4-6-13(12)16(14)2/h3-9H,1-2H3. The van der Waals surface area contributed by atoms with Gasteiger partial charge in [-0.1, -0.05) is 18.2 Å². The third-order valence-electron chi connectivity index (χ3n) is 3.51. The lowest BCUT2D eigenvalue weighted by atomic mass is 10.0. The molecule has 0 amide bonds. The van der Waals surface area contributed by atoms with Crippen molar-refractivity contribution >= 4 is 28.1 Å². The highest BCUT2D eigenvalue weighted by atomic mass is 16.1. The molecule has 0 unspecified atom stereocenters. The molecular formula is C15H13NO. The van der Waals surface area contributed by atoms with Crippen LogP contribution in [-0.2, 0) is 7.05 Å². The van der Waals surface area contributed by atoms with Crippen molar-refractivity contribution in [3.8, 4) is 0 Å². The molecule has 0 saturated carbocycles. The number of aromatic nitrogens is 1. The molecule has 0 aliphatic carbocycles. The Balaban J connectivity index is 2.63. The lowest BCUT2D eigenvalue weighted by Gasteiger charge is -2.02. The van der Waals surface area contributed by atoms with Crippen molar-refractivity contribution in [3.05, 3.63) is 47.5 Å². The van der Waals surface area contributed by atoms with Crippen LogP contribution in [0.3, 0.4) is 0 Å². The summed E-state index contributed by atoms with van der Waals surface area (Å²) in [5.41, 5.74) is 4.21. The van der Waals surface area contributed by atoms with Crippen molar-refractivity contribution in [1.82, 2.24) is 4.57 Å². The molecule has 3 rings (SSSR count). The van der Waals surface area contributed by atoms with E-state index in [9.17, 15) is 4.79 Å². The molecule has 1 heterocycles. The Morgan fingerprint density at radius 1 is 1.06 bits per heavy atom. The van der Waals surface area contributed by atoms with Gasteiger partial charge in [-0.15, -0.1) is 0 Å². The van der Waals surface area contributed by atoms with Gasteiger partial charge in [-0.05, 0) is 30.7 Å². The first-order valence-electron chi connectivity index (χ1n) is 5.66. The summed E-state index contributed by atoms with van der Waals surface area (Å²) in [4.78, 5) is 11.0. The van der Waals surface area contributed by atoms with Crippen molar-refractivity contribution in [1.29, 1.82) is 0 Å². The smallest absolute Gasteiger partial charge is 0.150 e. The molecule has 0 N–H and O–H groups in total. The van der Waals surface area contributed by atoms with Gasteiger partial charge in [-0.2, -0.15) is 0 Å². The first-order chi connectivity index (χ1) is 8.24. The average Bonchev–Trinajstić information content (AvgIpc) is 2.65. The van der Waals surface area contributed by atoms with E-state index < -0.39 is 0 Å². The van der Waals surface area contributed by atoms with E-state index in [2.05, 4.69) is 23.7 Å². The first kappa shape index (κ1) is 10.1. The molecule has 0 radical (unpaired) electrons. The van der Waals surface area contributed by atoms with Crippen LogP contribution in [0.4, 0.5) is 0 Å². The molecule has 3 aromatic rings.